The van der Waals surface area contributed by atoms with Gasteiger partial charge >= 0.3 is 0 Å². The second kappa shape index (κ2) is 7.85. The molecule has 4 rings (SSSR count). The molecule has 1 saturated carbocycles. The number of sulfonamides is 1. The predicted octanol–water partition coefficient (Wildman–Crippen LogP) is 4.26. The van der Waals surface area contributed by atoms with Crippen molar-refractivity contribution in [2.45, 2.75) is 36.5 Å². The molecule has 2 unspecified atom stereocenters. The molecule has 148 valence electrons. The molecule has 2 aliphatic rings. The molecule has 5 nitrogen and oxygen atoms in total. The number of amides is 1. The maximum atomic E-state index is 12.8. The van der Waals surface area contributed by atoms with Gasteiger partial charge in [-0.2, -0.15) is 4.31 Å². The Kier molecular flexibility index (Phi) is 5.45. The number of anilines is 1. The molecule has 2 fully saturated rings. The summed E-state index contributed by atoms with van der Waals surface area (Å²) in [5.41, 5.74) is 1.50. The molecule has 1 aliphatic carbocycles. The number of nitrogens with zero attached hydrogens (tertiary/aromatic N) is 1. The summed E-state index contributed by atoms with van der Waals surface area (Å²) in [5, 5.41) is 3.55. The zero-order valence-corrected chi connectivity index (χ0v) is 17.0. The molecule has 0 radical (unpaired) electrons. The molecule has 28 heavy (non-hydrogen) atoms. The molecule has 0 aromatic heterocycles. The van der Waals surface area contributed by atoms with E-state index in [-0.39, 0.29) is 22.6 Å². The van der Waals surface area contributed by atoms with Gasteiger partial charge in [0.1, 0.15) is 0 Å². The van der Waals surface area contributed by atoms with Crippen LogP contribution in [0.25, 0.3) is 0 Å². The van der Waals surface area contributed by atoms with Gasteiger partial charge in [-0.3, -0.25) is 4.79 Å². The summed E-state index contributed by atoms with van der Waals surface area (Å²) in [7, 11) is -3.52. The lowest BCUT2D eigenvalue weighted by atomic mass is 10.1. The first-order valence-corrected chi connectivity index (χ1v) is 11.4. The molecule has 1 N–H and O–H groups in total. The van der Waals surface area contributed by atoms with E-state index < -0.39 is 10.0 Å². The van der Waals surface area contributed by atoms with Crippen molar-refractivity contribution in [2.24, 2.45) is 5.92 Å². The third-order valence-electron chi connectivity index (χ3n) is 5.49. The first-order valence-electron chi connectivity index (χ1n) is 9.62. The summed E-state index contributed by atoms with van der Waals surface area (Å²) < 4.78 is 27.2. The van der Waals surface area contributed by atoms with Crippen molar-refractivity contribution in [1.29, 1.82) is 0 Å². The maximum absolute atomic E-state index is 12.8. The van der Waals surface area contributed by atoms with E-state index in [1.807, 2.05) is 24.3 Å². The Bertz CT molecular complexity index is 987. The second-order valence-electron chi connectivity index (χ2n) is 7.45. The van der Waals surface area contributed by atoms with Gasteiger partial charge in [-0.25, -0.2) is 8.42 Å². The smallest absolute Gasteiger partial charge is 0.243 e. The fourth-order valence-electron chi connectivity index (χ4n) is 3.83. The van der Waals surface area contributed by atoms with Crippen LogP contribution in [0, 0.1) is 5.92 Å². The van der Waals surface area contributed by atoms with E-state index in [2.05, 4.69) is 5.32 Å². The van der Waals surface area contributed by atoms with Gasteiger partial charge < -0.3 is 5.32 Å². The van der Waals surface area contributed by atoms with Crippen molar-refractivity contribution in [2.75, 3.05) is 18.4 Å². The molecule has 1 aliphatic heterocycles. The van der Waals surface area contributed by atoms with Crippen LogP contribution in [0.4, 0.5) is 5.69 Å². The Morgan fingerprint density at radius 3 is 2.54 bits per heavy atom. The van der Waals surface area contributed by atoms with E-state index in [4.69, 9.17) is 11.6 Å². The van der Waals surface area contributed by atoms with Crippen LogP contribution in [0.1, 0.15) is 37.2 Å². The number of halogens is 1. The number of piperidine rings is 1. The summed E-state index contributed by atoms with van der Waals surface area (Å²) in [6, 6.07) is 14.1. The highest BCUT2D eigenvalue weighted by Crippen LogP contribution is 2.50. The lowest BCUT2D eigenvalue weighted by Gasteiger charge is -2.26. The van der Waals surface area contributed by atoms with Gasteiger partial charge in [0.25, 0.3) is 0 Å². The first kappa shape index (κ1) is 19.4. The number of hydrogen-bond donors (Lipinski definition) is 1. The average molecular weight is 419 g/mol. The molecule has 1 amide bonds. The lowest BCUT2D eigenvalue weighted by Crippen LogP contribution is -2.35. The normalized spacial score (nSPS) is 22.6. The van der Waals surface area contributed by atoms with Crippen LogP contribution in [0.5, 0.6) is 0 Å². The van der Waals surface area contributed by atoms with Crippen molar-refractivity contribution in [1.82, 2.24) is 4.31 Å². The Balaban J connectivity index is 1.45. The van der Waals surface area contributed by atoms with E-state index in [1.54, 1.807) is 24.3 Å². The summed E-state index contributed by atoms with van der Waals surface area (Å²) in [4.78, 5) is 12.8. The third kappa shape index (κ3) is 3.95. The Morgan fingerprint density at radius 2 is 1.79 bits per heavy atom. The quantitative estimate of drug-likeness (QED) is 0.788. The minimum absolute atomic E-state index is 0.0996. The van der Waals surface area contributed by atoms with Gasteiger partial charge in [0.2, 0.25) is 15.9 Å². The lowest BCUT2D eigenvalue weighted by molar-refractivity contribution is -0.117. The molecule has 7 heteroatoms. The predicted molar refractivity (Wildman–Crippen MR) is 110 cm³/mol. The van der Waals surface area contributed by atoms with Crippen LogP contribution in [-0.4, -0.2) is 31.7 Å². The van der Waals surface area contributed by atoms with E-state index >= 15 is 0 Å². The van der Waals surface area contributed by atoms with Crippen LogP contribution < -0.4 is 5.32 Å². The van der Waals surface area contributed by atoms with Gasteiger partial charge in [-0.05, 0) is 55.0 Å². The van der Waals surface area contributed by atoms with Crippen LogP contribution >= 0.6 is 11.6 Å². The largest absolute Gasteiger partial charge is 0.326 e. The Hall–Kier alpha value is -1.89. The van der Waals surface area contributed by atoms with Crippen LogP contribution in [0.3, 0.4) is 0 Å². The highest BCUT2D eigenvalue weighted by molar-refractivity contribution is 7.89. The van der Waals surface area contributed by atoms with Crippen LogP contribution in [-0.2, 0) is 14.8 Å². The van der Waals surface area contributed by atoms with Gasteiger partial charge in [0.15, 0.2) is 0 Å². The number of carbonyl (C=O) groups is 1. The van der Waals surface area contributed by atoms with Crippen LogP contribution in [0.15, 0.2) is 53.4 Å². The summed E-state index contributed by atoms with van der Waals surface area (Å²) >= 11 is 6.23. The van der Waals surface area contributed by atoms with E-state index in [1.165, 1.54) is 4.31 Å². The summed E-state index contributed by atoms with van der Waals surface area (Å²) in [6.07, 6.45) is 3.60. The minimum atomic E-state index is -3.52. The van der Waals surface area contributed by atoms with Crippen molar-refractivity contribution in [3.8, 4) is 0 Å². The second-order valence-corrected chi connectivity index (χ2v) is 9.80. The standard InChI is InChI=1S/C21H23ClN2O3S/c22-20-10-3-2-9-17(20)18-14-19(18)21(25)23-15-7-6-8-16(13-15)28(26,27)24-11-4-1-5-12-24/h2-3,6-10,13,18-19H,1,4-5,11-12,14H2,(H,23,25). The average Bonchev–Trinajstić information content (AvgIpc) is 3.50. The van der Waals surface area contributed by atoms with E-state index in [0.717, 1.165) is 31.2 Å². The first-order chi connectivity index (χ1) is 13.5. The monoisotopic (exact) mass is 418 g/mol. The molecule has 1 saturated heterocycles. The third-order valence-corrected chi connectivity index (χ3v) is 7.73. The molecular formula is C21H23ClN2O3S. The Labute approximate surface area is 170 Å². The fourth-order valence-corrected chi connectivity index (χ4v) is 5.67. The maximum Gasteiger partial charge on any atom is 0.243 e. The molecule has 2 aromatic rings. The van der Waals surface area contributed by atoms with Gasteiger partial charge in [0, 0.05) is 29.7 Å². The van der Waals surface area contributed by atoms with Gasteiger partial charge in [-0.1, -0.05) is 42.3 Å². The number of carbonyl (C=O) groups excluding carboxylic acids is 1. The fraction of sp³-hybridized carbons (Fsp3) is 0.381. The molecular weight excluding hydrogens is 396 g/mol. The highest BCUT2D eigenvalue weighted by Gasteiger charge is 2.44. The van der Waals surface area contributed by atoms with Crippen molar-refractivity contribution >= 4 is 33.2 Å². The van der Waals surface area contributed by atoms with E-state index in [9.17, 15) is 13.2 Å². The number of nitrogens with one attached hydrogen (secondary N) is 1. The minimum Gasteiger partial charge on any atom is -0.326 e. The zero-order chi connectivity index (χ0) is 19.7. The topological polar surface area (TPSA) is 66.5 Å². The van der Waals surface area contributed by atoms with Crippen molar-refractivity contribution < 1.29 is 13.2 Å². The number of hydrogen-bond acceptors (Lipinski definition) is 3. The Morgan fingerprint density at radius 1 is 1.04 bits per heavy atom. The summed E-state index contributed by atoms with van der Waals surface area (Å²) in [6.45, 7) is 1.11. The molecule has 0 spiro atoms. The van der Waals surface area contributed by atoms with Crippen molar-refractivity contribution in [3.63, 3.8) is 0 Å². The molecule has 1 heterocycles. The van der Waals surface area contributed by atoms with Crippen LogP contribution in [0.2, 0.25) is 5.02 Å². The molecule has 2 aromatic carbocycles. The molecule has 2 atom stereocenters. The number of benzene rings is 2. The highest BCUT2D eigenvalue weighted by atomic mass is 35.5. The number of rotatable bonds is 5. The molecule has 0 bridgehead atoms. The SMILES string of the molecule is O=C(Nc1cccc(S(=O)(=O)N2CCCCC2)c1)C1CC1c1ccccc1Cl. The summed E-state index contributed by atoms with van der Waals surface area (Å²) in [5.74, 6) is -0.117. The van der Waals surface area contributed by atoms with Gasteiger partial charge in [-0.15, -0.1) is 0 Å². The van der Waals surface area contributed by atoms with Gasteiger partial charge in [0.05, 0.1) is 4.90 Å². The van der Waals surface area contributed by atoms with E-state index in [0.29, 0.717) is 23.8 Å². The van der Waals surface area contributed by atoms with Crippen molar-refractivity contribution in [3.05, 3.63) is 59.1 Å². The zero-order valence-electron chi connectivity index (χ0n) is 15.5.